The van der Waals surface area contributed by atoms with E-state index in [1.165, 1.54) is 12.8 Å². The van der Waals surface area contributed by atoms with Crippen molar-refractivity contribution in [2.75, 3.05) is 39.9 Å². The van der Waals surface area contributed by atoms with Crippen molar-refractivity contribution in [3.8, 4) is 0 Å². The van der Waals surface area contributed by atoms with Crippen LogP contribution in [0.2, 0.25) is 0 Å². The van der Waals surface area contributed by atoms with Gasteiger partial charge in [-0.25, -0.2) is 0 Å². The molecule has 20 heavy (non-hydrogen) atoms. The van der Waals surface area contributed by atoms with Gasteiger partial charge in [0, 0.05) is 38.7 Å². The predicted molar refractivity (Wildman–Crippen MR) is 89.6 cm³/mol. The second-order valence-corrected chi connectivity index (χ2v) is 6.45. The second-order valence-electron chi connectivity index (χ2n) is 6.45. The lowest BCUT2D eigenvalue weighted by Crippen LogP contribution is -2.51. The van der Waals surface area contributed by atoms with Crippen LogP contribution in [-0.4, -0.2) is 61.5 Å². The van der Waals surface area contributed by atoms with Gasteiger partial charge in [0.1, 0.15) is 0 Å². The van der Waals surface area contributed by atoms with Gasteiger partial charge in [-0.2, -0.15) is 0 Å². The summed E-state index contributed by atoms with van der Waals surface area (Å²) in [7, 11) is 1.82. The highest BCUT2D eigenvalue weighted by Gasteiger charge is 2.42. The maximum atomic E-state index is 10.1. The molecule has 2 saturated heterocycles. The molecule has 0 radical (unpaired) electrons. The fraction of sp³-hybridized carbons (Fsp3) is 0.929. The van der Waals surface area contributed by atoms with E-state index in [0.29, 0.717) is 12.0 Å². The molecule has 1 aliphatic carbocycles. The summed E-state index contributed by atoms with van der Waals surface area (Å²) in [5, 5.41) is 13.5. The number of likely N-dealkylation sites (tertiary alicyclic amines) is 1. The Morgan fingerprint density at radius 1 is 1.35 bits per heavy atom. The molecule has 116 valence electrons. The van der Waals surface area contributed by atoms with Crippen molar-refractivity contribution in [1.29, 1.82) is 0 Å². The Morgan fingerprint density at radius 2 is 2.15 bits per heavy atom. The van der Waals surface area contributed by atoms with Crippen LogP contribution in [0.5, 0.6) is 0 Å². The molecule has 1 spiro atoms. The topological polar surface area (TPSA) is 57.1 Å². The molecule has 0 bridgehead atoms. The number of hydrogen-bond acceptors (Lipinski definition) is 3. The second kappa shape index (κ2) is 6.36. The third-order valence-electron chi connectivity index (χ3n) is 4.99. The highest BCUT2D eigenvalue weighted by Crippen LogP contribution is 2.38. The highest BCUT2D eigenvalue weighted by molar-refractivity contribution is 14.0. The van der Waals surface area contributed by atoms with Crippen LogP contribution in [0, 0.1) is 5.41 Å². The van der Waals surface area contributed by atoms with E-state index in [9.17, 15) is 5.11 Å². The average molecular weight is 395 g/mol. The zero-order chi connectivity index (χ0) is 13.3. The number of rotatable bonds is 2. The van der Waals surface area contributed by atoms with Gasteiger partial charge in [-0.05, 0) is 32.1 Å². The number of aliphatic imine (C=N–C) groups is 1. The van der Waals surface area contributed by atoms with Crippen molar-refractivity contribution in [2.45, 2.75) is 37.7 Å². The van der Waals surface area contributed by atoms with Crippen molar-refractivity contribution in [3.63, 3.8) is 0 Å². The van der Waals surface area contributed by atoms with Gasteiger partial charge >= 0.3 is 0 Å². The largest absolute Gasteiger partial charge is 0.388 e. The van der Waals surface area contributed by atoms with Crippen molar-refractivity contribution in [1.82, 2.24) is 10.2 Å². The molecule has 2 N–H and O–H groups in total. The fourth-order valence-electron chi connectivity index (χ4n) is 3.42. The zero-order valence-electron chi connectivity index (χ0n) is 12.2. The fourth-order valence-corrected chi connectivity index (χ4v) is 3.42. The molecule has 3 rings (SSSR count). The molecule has 1 unspecified atom stereocenters. The summed E-state index contributed by atoms with van der Waals surface area (Å²) >= 11 is 0. The van der Waals surface area contributed by atoms with E-state index in [4.69, 9.17) is 4.74 Å². The van der Waals surface area contributed by atoms with Crippen LogP contribution in [0.1, 0.15) is 32.1 Å². The smallest absolute Gasteiger partial charge is 0.193 e. The minimum atomic E-state index is -0.496. The Labute approximate surface area is 138 Å². The lowest BCUT2D eigenvalue weighted by Gasteiger charge is -2.37. The first-order chi connectivity index (χ1) is 9.15. The summed E-state index contributed by atoms with van der Waals surface area (Å²) in [5.74, 6) is 0.934. The summed E-state index contributed by atoms with van der Waals surface area (Å²) in [6.07, 6.45) is 5.33. The van der Waals surface area contributed by atoms with Crippen LogP contribution < -0.4 is 5.32 Å². The summed E-state index contributed by atoms with van der Waals surface area (Å²) < 4.78 is 5.56. The van der Waals surface area contributed by atoms with Gasteiger partial charge in [0.05, 0.1) is 12.2 Å². The Hall–Kier alpha value is -0.0800. The third-order valence-corrected chi connectivity index (χ3v) is 4.99. The summed E-state index contributed by atoms with van der Waals surface area (Å²) in [5.41, 5.74) is -0.144. The Bertz CT molecular complexity index is 365. The molecular formula is C14H26IN3O2. The van der Waals surface area contributed by atoms with E-state index in [1.54, 1.807) is 0 Å². The maximum absolute atomic E-state index is 10.1. The first-order valence-corrected chi connectivity index (χ1v) is 7.41. The van der Waals surface area contributed by atoms with Crippen LogP contribution in [0.3, 0.4) is 0 Å². The first kappa shape index (κ1) is 16.3. The highest BCUT2D eigenvalue weighted by atomic mass is 127. The number of guanidine groups is 1. The van der Waals surface area contributed by atoms with Crippen molar-refractivity contribution in [3.05, 3.63) is 0 Å². The van der Waals surface area contributed by atoms with Gasteiger partial charge < -0.3 is 20.1 Å². The van der Waals surface area contributed by atoms with Gasteiger partial charge in [-0.3, -0.25) is 4.99 Å². The number of aliphatic hydroxyl groups is 1. The molecular weight excluding hydrogens is 369 g/mol. The van der Waals surface area contributed by atoms with Crippen LogP contribution in [0.4, 0.5) is 0 Å². The standard InChI is InChI=1S/C14H25N3O2.HI/c1-15-12(16-9-14(18)3-2-4-14)17-7-5-13(10-17)6-8-19-11-13;/h18H,2-11H2,1H3,(H,15,16);1H. The van der Waals surface area contributed by atoms with E-state index in [-0.39, 0.29) is 24.0 Å². The number of halogens is 1. The van der Waals surface area contributed by atoms with Gasteiger partial charge in [0.15, 0.2) is 5.96 Å². The van der Waals surface area contributed by atoms with Crippen molar-refractivity contribution < 1.29 is 9.84 Å². The molecule has 0 aromatic carbocycles. The van der Waals surface area contributed by atoms with Crippen LogP contribution >= 0.6 is 24.0 Å². The summed E-state index contributed by atoms with van der Waals surface area (Å²) in [6.45, 7) is 4.50. The molecule has 0 aromatic rings. The molecule has 3 fully saturated rings. The minimum Gasteiger partial charge on any atom is -0.388 e. The van der Waals surface area contributed by atoms with Crippen LogP contribution in [0.15, 0.2) is 4.99 Å². The summed E-state index contributed by atoms with van der Waals surface area (Å²) in [6, 6.07) is 0. The molecule has 2 heterocycles. The Morgan fingerprint density at radius 3 is 2.70 bits per heavy atom. The van der Waals surface area contributed by atoms with E-state index < -0.39 is 5.60 Å². The molecule has 0 amide bonds. The van der Waals surface area contributed by atoms with Gasteiger partial charge in [-0.15, -0.1) is 24.0 Å². The lowest BCUT2D eigenvalue weighted by molar-refractivity contribution is -0.0282. The van der Waals surface area contributed by atoms with Crippen molar-refractivity contribution in [2.24, 2.45) is 10.4 Å². The Balaban J connectivity index is 0.00000147. The normalized spacial score (nSPS) is 32.1. The maximum Gasteiger partial charge on any atom is 0.193 e. The minimum absolute atomic E-state index is 0. The van der Waals surface area contributed by atoms with E-state index in [2.05, 4.69) is 15.2 Å². The molecule has 6 heteroatoms. The predicted octanol–water partition coefficient (Wildman–Crippen LogP) is 1.21. The molecule has 0 aromatic heterocycles. The number of nitrogens with one attached hydrogen (secondary N) is 1. The SMILES string of the molecule is CN=C(NCC1(O)CCC1)N1CCC2(CCOC2)C1.I. The van der Waals surface area contributed by atoms with E-state index >= 15 is 0 Å². The monoisotopic (exact) mass is 395 g/mol. The number of ether oxygens (including phenoxy) is 1. The van der Waals surface area contributed by atoms with Gasteiger partial charge in [0.2, 0.25) is 0 Å². The van der Waals surface area contributed by atoms with Crippen LogP contribution in [0.25, 0.3) is 0 Å². The van der Waals surface area contributed by atoms with Crippen LogP contribution in [-0.2, 0) is 4.74 Å². The molecule has 5 nitrogen and oxygen atoms in total. The average Bonchev–Trinajstić information content (AvgIpc) is 2.99. The summed E-state index contributed by atoms with van der Waals surface area (Å²) in [4.78, 5) is 6.68. The van der Waals surface area contributed by atoms with E-state index in [1.807, 2.05) is 7.05 Å². The first-order valence-electron chi connectivity index (χ1n) is 7.41. The van der Waals surface area contributed by atoms with E-state index in [0.717, 1.165) is 51.5 Å². The van der Waals surface area contributed by atoms with Gasteiger partial charge in [-0.1, -0.05) is 0 Å². The molecule has 3 aliphatic rings. The quantitative estimate of drug-likeness (QED) is 0.419. The third kappa shape index (κ3) is 3.22. The van der Waals surface area contributed by atoms with Gasteiger partial charge in [0.25, 0.3) is 0 Å². The van der Waals surface area contributed by atoms with Crippen molar-refractivity contribution >= 4 is 29.9 Å². The molecule has 1 atom stereocenters. The molecule has 2 aliphatic heterocycles. The lowest BCUT2D eigenvalue weighted by atomic mass is 9.80. The number of nitrogens with zero attached hydrogens (tertiary/aromatic N) is 2. The zero-order valence-corrected chi connectivity index (χ0v) is 14.6. The molecule has 1 saturated carbocycles. The Kier molecular flexibility index (Phi) is 5.18. The number of hydrogen-bond donors (Lipinski definition) is 2.